The van der Waals surface area contributed by atoms with E-state index in [1.807, 2.05) is 6.07 Å². The smallest absolute Gasteiger partial charge is 0.123 e. The second kappa shape index (κ2) is 3.20. The average Bonchev–Trinajstić information content (AvgIpc) is 2.99. The molecule has 2 aliphatic rings. The molecular formula is C13H17FN2. The number of hydrogen-bond acceptors (Lipinski definition) is 2. The van der Waals surface area contributed by atoms with Gasteiger partial charge in [-0.3, -0.25) is 0 Å². The van der Waals surface area contributed by atoms with Gasteiger partial charge < -0.3 is 10.6 Å². The molecule has 0 aromatic heterocycles. The number of nitrogens with two attached hydrogens (primary N) is 1. The summed E-state index contributed by atoms with van der Waals surface area (Å²) >= 11 is 0. The summed E-state index contributed by atoms with van der Waals surface area (Å²) in [5.41, 5.74) is 8.32. The van der Waals surface area contributed by atoms with Gasteiger partial charge in [-0.05, 0) is 49.1 Å². The van der Waals surface area contributed by atoms with E-state index in [1.165, 1.54) is 11.3 Å². The van der Waals surface area contributed by atoms with E-state index in [4.69, 9.17) is 5.73 Å². The van der Waals surface area contributed by atoms with Gasteiger partial charge in [-0.2, -0.15) is 0 Å². The predicted octanol–water partition coefficient (Wildman–Crippen LogP) is 1.88. The minimum atomic E-state index is -0.129. The van der Waals surface area contributed by atoms with Crippen LogP contribution in [0.4, 0.5) is 10.1 Å². The normalized spacial score (nSPS) is 31.7. The molecule has 0 bridgehead atoms. The first-order chi connectivity index (χ1) is 7.67. The van der Waals surface area contributed by atoms with Gasteiger partial charge in [-0.1, -0.05) is 0 Å². The van der Waals surface area contributed by atoms with Crippen molar-refractivity contribution in [1.82, 2.24) is 0 Å². The molecule has 3 rings (SSSR count). The topological polar surface area (TPSA) is 29.3 Å². The van der Waals surface area contributed by atoms with Crippen LogP contribution in [0.1, 0.15) is 18.4 Å². The molecular weight excluding hydrogens is 203 g/mol. The Bertz CT molecular complexity index is 432. The Morgan fingerprint density at radius 1 is 1.56 bits per heavy atom. The summed E-state index contributed by atoms with van der Waals surface area (Å²) in [6, 6.07) is 5.16. The molecule has 0 radical (unpaired) electrons. The minimum Gasteiger partial charge on any atom is -0.374 e. The van der Waals surface area contributed by atoms with Gasteiger partial charge in [0.1, 0.15) is 5.82 Å². The number of hydrogen-bond donors (Lipinski definition) is 1. The third-order valence-electron chi connectivity index (χ3n) is 4.32. The molecule has 1 spiro atoms. The number of nitrogens with zero attached hydrogens (tertiary/aromatic N) is 1. The first-order valence-corrected chi connectivity index (χ1v) is 5.88. The lowest BCUT2D eigenvalue weighted by molar-refractivity contribution is 0.526. The molecule has 1 aliphatic carbocycles. The Morgan fingerprint density at radius 3 is 3.06 bits per heavy atom. The van der Waals surface area contributed by atoms with Crippen LogP contribution in [0.3, 0.4) is 0 Å². The van der Waals surface area contributed by atoms with Gasteiger partial charge >= 0.3 is 0 Å². The molecule has 2 atom stereocenters. The lowest BCUT2D eigenvalue weighted by Crippen LogP contribution is -2.32. The number of anilines is 1. The third-order valence-corrected chi connectivity index (χ3v) is 4.32. The van der Waals surface area contributed by atoms with Crippen molar-refractivity contribution in [1.29, 1.82) is 0 Å². The van der Waals surface area contributed by atoms with Crippen molar-refractivity contribution >= 4 is 5.69 Å². The molecule has 1 fully saturated rings. The van der Waals surface area contributed by atoms with E-state index in [2.05, 4.69) is 11.9 Å². The molecule has 16 heavy (non-hydrogen) atoms. The summed E-state index contributed by atoms with van der Waals surface area (Å²) in [5, 5.41) is 0. The van der Waals surface area contributed by atoms with E-state index in [-0.39, 0.29) is 11.2 Å². The summed E-state index contributed by atoms with van der Waals surface area (Å²) in [4.78, 5) is 2.21. The van der Waals surface area contributed by atoms with Crippen LogP contribution in [-0.4, -0.2) is 20.1 Å². The highest BCUT2D eigenvalue weighted by atomic mass is 19.1. The third kappa shape index (κ3) is 1.21. The van der Waals surface area contributed by atoms with E-state index in [9.17, 15) is 4.39 Å². The van der Waals surface area contributed by atoms with Crippen molar-refractivity contribution in [3.63, 3.8) is 0 Å². The Labute approximate surface area is 95.2 Å². The number of fused-ring (bicyclic) bond motifs is 2. The monoisotopic (exact) mass is 220 g/mol. The average molecular weight is 220 g/mol. The second-order valence-electron chi connectivity index (χ2n) is 5.13. The molecule has 2 nitrogen and oxygen atoms in total. The van der Waals surface area contributed by atoms with Crippen LogP contribution in [0, 0.1) is 11.7 Å². The van der Waals surface area contributed by atoms with Crippen molar-refractivity contribution < 1.29 is 4.39 Å². The van der Waals surface area contributed by atoms with Crippen LogP contribution in [0.25, 0.3) is 0 Å². The van der Waals surface area contributed by atoms with Gasteiger partial charge in [0.15, 0.2) is 0 Å². The van der Waals surface area contributed by atoms with Gasteiger partial charge in [0, 0.05) is 24.7 Å². The molecule has 1 aromatic carbocycles. The fourth-order valence-electron chi connectivity index (χ4n) is 3.19. The van der Waals surface area contributed by atoms with Gasteiger partial charge in [0.25, 0.3) is 0 Å². The van der Waals surface area contributed by atoms with Gasteiger partial charge in [-0.15, -0.1) is 0 Å². The molecule has 2 N–H and O–H groups in total. The Balaban J connectivity index is 2.10. The zero-order valence-corrected chi connectivity index (χ0v) is 9.54. The maximum Gasteiger partial charge on any atom is 0.123 e. The summed E-state index contributed by atoms with van der Waals surface area (Å²) in [7, 11) is 2.07. The molecule has 0 saturated heterocycles. The molecule has 0 amide bonds. The number of rotatable bonds is 1. The van der Waals surface area contributed by atoms with Crippen LogP contribution in [-0.2, 0) is 5.41 Å². The lowest BCUT2D eigenvalue weighted by atomic mass is 9.85. The fraction of sp³-hybridized carbons (Fsp3) is 0.538. The van der Waals surface area contributed by atoms with Gasteiger partial charge in [0.2, 0.25) is 0 Å². The van der Waals surface area contributed by atoms with Crippen LogP contribution < -0.4 is 10.6 Å². The zero-order valence-electron chi connectivity index (χ0n) is 9.54. The first-order valence-electron chi connectivity index (χ1n) is 5.88. The molecule has 1 aromatic rings. The first kappa shape index (κ1) is 10.1. The Kier molecular flexibility index (Phi) is 2.02. The van der Waals surface area contributed by atoms with E-state index in [1.54, 1.807) is 12.1 Å². The van der Waals surface area contributed by atoms with Gasteiger partial charge in [-0.25, -0.2) is 4.39 Å². The molecule has 2 unspecified atom stereocenters. The van der Waals surface area contributed by atoms with Crippen molar-refractivity contribution in [2.24, 2.45) is 11.7 Å². The Hall–Kier alpha value is -1.09. The summed E-state index contributed by atoms with van der Waals surface area (Å²) in [5.74, 6) is 0.429. The summed E-state index contributed by atoms with van der Waals surface area (Å²) < 4.78 is 13.4. The van der Waals surface area contributed by atoms with E-state index in [0.29, 0.717) is 5.92 Å². The largest absolute Gasteiger partial charge is 0.374 e. The van der Waals surface area contributed by atoms with Gasteiger partial charge in [0.05, 0.1) is 0 Å². The highest BCUT2D eigenvalue weighted by molar-refractivity contribution is 5.61. The molecule has 1 aliphatic heterocycles. The summed E-state index contributed by atoms with van der Waals surface area (Å²) in [6.07, 6.45) is 2.25. The van der Waals surface area contributed by atoms with Crippen molar-refractivity contribution in [3.8, 4) is 0 Å². The van der Waals surface area contributed by atoms with Crippen LogP contribution in [0.2, 0.25) is 0 Å². The van der Waals surface area contributed by atoms with Crippen LogP contribution >= 0.6 is 0 Å². The minimum absolute atomic E-state index is 0.129. The Morgan fingerprint density at radius 2 is 2.38 bits per heavy atom. The van der Waals surface area contributed by atoms with E-state index >= 15 is 0 Å². The standard InChI is InChI=1S/C13H17FN2/c1-16-5-4-13(7-9(13)8-15)11-6-10(14)2-3-12(11)16/h2-3,6,9H,4-5,7-8,15H2,1H3. The SMILES string of the molecule is CN1CCC2(CC2CN)c2cc(F)ccc21. The molecule has 3 heteroatoms. The molecule has 86 valence electrons. The summed E-state index contributed by atoms with van der Waals surface area (Å²) in [6.45, 7) is 1.77. The maximum atomic E-state index is 13.4. The number of halogens is 1. The zero-order chi connectivity index (χ0) is 11.3. The lowest BCUT2D eigenvalue weighted by Gasteiger charge is -2.34. The van der Waals surface area contributed by atoms with E-state index in [0.717, 1.165) is 25.9 Å². The maximum absolute atomic E-state index is 13.4. The number of benzene rings is 1. The van der Waals surface area contributed by atoms with Crippen LogP contribution in [0.5, 0.6) is 0 Å². The van der Waals surface area contributed by atoms with Crippen molar-refractivity contribution in [2.45, 2.75) is 18.3 Å². The van der Waals surface area contributed by atoms with Crippen molar-refractivity contribution in [3.05, 3.63) is 29.6 Å². The van der Waals surface area contributed by atoms with E-state index < -0.39 is 0 Å². The fourth-order valence-corrected chi connectivity index (χ4v) is 3.19. The molecule has 1 heterocycles. The van der Waals surface area contributed by atoms with Crippen molar-refractivity contribution in [2.75, 3.05) is 25.0 Å². The molecule has 1 saturated carbocycles. The highest BCUT2D eigenvalue weighted by Gasteiger charge is 2.56. The predicted molar refractivity (Wildman–Crippen MR) is 63.1 cm³/mol. The highest BCUT2D eigenvalue weighted by Crippen LogP contribution is 2.60. The quantitative estimate of drug-likeness (QED) is 0.783. The second-order valence-corrected chi connectivity index (χ2v) is 5.13. The van der Waals surface area contributed by atoms with Crippen LogP contribution in [0.15, 0.2) is 18.2 Å².